The van der Waals surface area contributed by atoms with E-state index in [1.807, 2.05) is 18.6 Å². The van der Waals surface area contributed by atoms with Gasteiger partial charge in [0.15, 0.2) is 11.5 Å². The van der Waals surface area contributed by atoms with Gasteiger partial charge in [-0.1, -0.05) is 13.3 Å². The van der Waals surface area contributed by atoms with Crippen LogP contribution in [-0.4, -0.2) is 34.0 Å². The number of nitrogens with one attached hydrogen (secondary N) is 1. The van der Waals surface area contributed by atoms with Crippen LogP contribution in [0.4, 0.5) is 11.6 Å². The van der Waals surface area contributed by atoms with Gasteiger partial charge in [-0.15, -0.1) is 0 Å². The van der Waals surface area contributed by atoms with Crippen molar-refractivity contribution < 1.29 is 0 Å². The molecule has 2 aromatic rings. The molecule has 5 heteroatoms. The van der Waals surface area contributed by atoms with Crippen LogP contribution in [0.2, 0.25) is 0 Å². The molecule has 0 aliphatic carbocycles. The Morgan fingerprint density at radius 3 is 3.00 bits per heavy atom. The highest BCUT2D eigenvalue weighted by Crippen LogP contribution is 2.26. The summed E-state index contributed by atoms with van der Waals surface area (Å²) in [6, 6.07) is 0. The first-order valence-electron chi connectivity index (χ1n) is 8.14. The summed E-state index contributed by atoms with van der Waals surface area (Å²) in [6.45, 7) is 7.45. The molecule has 1 atom stereocenters. The summed E-state index contributed by atoms with van der Waals surface area (Å²) in [5, 5.41) is 3.32. The molecule has 3 heterocycles. The second-order valence-corrected chi connectivity index (χ2v) is 5.83. The van der Waals surface area contributed by atoms with E-state index >= 15 is 0 Å². The molecule has 1 unspecified atom stereocenters. The average molecular weight is 287 g/mol. The zero-order chi connectivity index (χ0) is 14.7. The van der Waals surface area contributed by atoms with E-state index < -0.39 is 0 Å². The zero-order valence-electron chi connectivity index (χ0n) is 13.0. The highest BCUT2D eigenvalue weighted by Gasteiger charge is 2.20. The lowest BCUT2D eigenvalue weighted by atomic mass is 9.98. The maximum absolute atomic E-state index is 4.81. The maximum Gasteiger partial charge on any atom is 0.180 e. The minimum absolute atomic E-state index is 0.864. The first kappa shape index (κ1) is 14.2. The number of rotatable bonds is 4. The summed E-state index contributed by atoms with van der Waals surface area (Å²) in [7, 11) is 0. The molecule has 0 saturated carbocycles. The van der Waals surface area contributed by atoms with E-state index in [-0.39, 0.29) is 0 Å². The molecule has 0 amide bonds. The summed E-state index contributed by atoms with van der Waals surface area (Å²) < 4.78 is 2.07. The summed E-state index contributed by atoms with van der Waals surface area (Å²) in [4.78, 5) is 11.7. The second-order valence-electron chi connectivity index (χ2n) is 5.83. The lowest BCUT2D eigenvalue weighted by Gasteiger charge is -2.23. The third-order valence-electron chi connectivity index (χ3n) is 4.44. The van der Waals surface area contributed by atoms with Crippen LogP contribution < -0.4 is 10.2 Å². The van der Waals surface area contributed by atoms with Gasteiger partial charge in [0.25, 0.3) is 0 Å². The molecule has 21 heavy (non-hydrogen) atoms. The minimum Gasteiger partial charge on any atom is -0.369 e. The Kier molecular flexibility index (Phi) is 4.27. The van der Waals surface area contributed by atoms with Crippen LogP contribution in [0.5, 0.6) is 0 Å². The number of imidazole rings is 1. The SMILES string of the molecule is CCNc1cn2ccnc2c(N2CCCC(CC)CC2)n1. The van der Waals surface area contributed by atoms with Crippen molar-refractivity contribution in [2.45, 2.75) is 39.5 Å². The zero-order valence-corrected chi connectivity index (χ0v) is 13.0. The number of hydrogen-bond acceptors (Lipinski definition) is 4. The fraction of sp³-hybridized carbons (Fsp3) is 0.625. The first-order valence-corrected chi connectivity index (χ1v) is 8.14. The summed E-state index contributed by atoms with van der Waals surface area (Å²) in [6.07, 6.45) is 11.0. The summed E-state index contributed by atoms with van der Waals surface area (Å²) >= 11 is 0. The van der Waals surface area contributed by atoms with Crippen molar-refractivity contribution in [1.29, 1.82) is 0 Å². The highest BCUT2D eigenvalue weighted by atomic mass is 15.2. The molecule has 3 rings (SSSR count). The molecule has 1 aliphatic heterocycles. The Balaban J connectivity index is 1.92. The van der Waals surface area contributed by atoms with Crippen LogP contribution in [0, 0.1) is 5.92 Å². The molecular weight excluding hydrogens is 262 g/mol. The van der Waals surface area contributed by atoms with Gasteiger partial charge in [-0.2, -0.15) is 0 Å². The van der Waals surface area contributed by atoms with E-state index in [9.17, 15) is 0 Å². The van der Waals surface area contributed by atoms with Gasteiger partial charge in [-0.3, -0.25) is 0 Å². The Hall–Kier alpha value is -1.78. The number of aromatic nitrogens is 3. The third-order valence-corrected chi connectivity index (χ3v) is 4.44. The smallest absolute Gasteiger partial charge is 0.180 e. The number of hydrogen-bond donors (Lipinski definition) is 1. The molecule has 0 aromatic carbocycles. The van der Waals surface area contributed by atoms with Crippen LogP contribution in [0.1, 0.15) is 39.5 Å². The lowest BCUT2D eigenvalue weighted by Crippen LogP contribution is -2.26. The lowest BCUT2D eigenvalue weighted by molar-refractivity contribution is 0.459. The van der Waals surface area contributed by atoms with Crippen LogP contribution in [0.25, 0.3) is 5.65 Å². The van der Waals surface area contributed by atoms with Gasteiger partial charge in [0.2, 0.25) is 0 Å². The van der Waals surface area contributed by atoms with Gasteiger partial charge < -0.3 is 14.6 Å². The van der Waals surface area contributed by atoms with Crippen LogP contribution >= 0.6 is 0 Å². The van der Waals surface area contributed by atoms with Crippen molar-refractivity contribution in [2.24, 2.45) is 5.92 Å². The minimum atomic E-state index is 0.864. The van der Waals surface area contributed by atoms with E-state index in [0.717, 1.165) is 42.8 Å². The van der Waals surface area contributed by atoms with E-state index in [1.54, 1.807) is 0 Å². The quantitative estimate of drug-likeness (QED) is 0.938. The van der Waals surface area contributed by atoms with Crippen LogP contribution in [0.15, 0.2) is 18.6 Å². The molecule has 1 N–H and O–H groups in total. The van der Waals surface area contributed by atoms with Gasteiger partial charge in [-0.05, 0) is 32.1 Å². The van der Waals surface area contributed by atoms with Crippen molar-refractivity contribution in [1.82, 2.24) is 14.4 Å². The van der Waals surface area contributed by atoms with E-state index in [1.165, 1.54) is 25.7 Å². The number of fused-ring (bicyclic) bond motifs is 1. The topological polar surface area (TPSA) is 45.5 Å². The molecule has 1 saturated heterocycles. The van der Waals surface area contributed by atoms with Gasteiger partial charge in [0.05, 0.1) is 6.20 Å². The number of nitrogens with zero attached hydrogens (tertiary/aromatic N) is 4. The predicted octanol–water partition coefficient (Wildman–Crippen LogP) is 3.18. The highest BCUT2D eigenvalue weighted by molar-refractivity contribution is 5.66. The van der Waals surface area contributed by atoms with E-state index in [0.29, 0.717) is 0 Å². The Morgan fingerprint density at radius 1 is 1.29 bits per heavy atom. The van der Waals surface area contributed by atoms with Crippen LogP contribution in [-0.2, 0) is 0 Å². The fourth-order valence-corrected chi connectivity index (χ4v) is 3.18. The summed E-state index contributed by atoms with van der Waals surface area (Å²) in [5.41, 5.74) is 0.964. The molecular formula is C16H25N5. The van der Waals surface area contributed by atoms with Gasteiger partial charge in [0.1, 0.15) is 5.82 Å². The van der Waals surface area contributed by atoms with Crippen LogP contribution in [0.3, 0.4) is 0 Å². The molecule has 0 radical (unpaired) electrons. The largest absolute Gasteiger partial charge is 0.369 e. The predicted molar refractivity (Wildman–Crippen MR) is 87.0 cm³/mol. The Bertz CT molecular complexity index is 591. The van der Waals surface area contributed by atoms with Crippen molar-refractivity contribution >= 4 is 17.3 Å². The monoisotopic (exact) mass is 287 g/mol. The van der Waals surface area contributed by atoms with Crippen molar-refractivity contribution in [3.63, 3.8) is 0 Å². The summed E-state index contributed by atoms with van der Waals surface area (Å²) in [5.74, 6) is 2.81. The average Bonchev–Trinajstić information content (AvgIpc) is 2.83. The molecule has 5 nitrogen and oxygen atoms in total. The van der Waals surface area contributed by atoms with E-state index in [4.69, 9.17) is 4.98 Å². The van der Waals surface area contributed by atoms with Gasteiger partial charge >= 0.3 is 0 Å². The van der Waals surface area contributed by atoms with Crippen molar-refractivity contribution in [2.75, 3.05) is 29.9 Å². The molecule has 1 aliphatic rings. The molecule has 1 fully saturated rings. The maximum atomic E-state index is 4.81. The van der Waals surface area contributed by atoms with Crippen molar-refractivity contribution in [3.05, 3.63) is 18.6 Å². The first-order chi connectivity index (χ1) is 10.3. The number of anilines is 2. The molecule has 2 aromatic heterocycles. The molecule has 0 bridgehead atoms. The van der Waals surface area contributed by atoms with E-state index in [2.05, 4.69) is 33.4 Å². The molecule has 114 valence electrons. The standard InChI is InChI=1S/C16H25N5/c1-3-13-6-5-9-20(10-7-13)16-15-18-8-11-21(15)12-14(19-16)17-4-2/h8,11-13,17H,3-7,9-10H2,1-2H3. The second kappa shape index (κ2) is 6.33. The Morgan fingerprint density at radius 2 is 2.19 bits per heavy atom. The van der Waals surface area contributed by atoms with Gasteiger partial charge in [0, 0.05) is 32.0 Å². The molecule has 0 spiro atoms. The van der Waals surface area contributed by atoms with Gasteiger partial charge in [-0.25, -0.2) is 9.97 Å². The van der Waals surface area contributed by atoms with Crippen molar-refractivity contribution in [3.8, 4) is 0 Å². The third kappa shape index (κ3) is 2.96. The fourth-order valence-electron chi connectivity index (χ4n) is 3.18. The normalized spacial score (nSPS) is 19.7. The Labute approximate surface area is 126 Å².